The Morgan fingerprint density at radius 3 is 2.33 bits per heavy atom. The first-order valence-corrected chi connectivity index (χ1v) is 5.95. The van der Waals surface area contributed by atoms with Gasteiger partial charge in [-0.2, -0.15) is 5.10 Å². The molecule has 0 aromatic carbocycles. The lowest BCUT2D eigenvalue weighted by Gasteiger charge is -2.22. The molecule has 0 bridgehead atoms. The number of hydrogen-bond donors (Lipinski definition) is 1. The summed E-state index contributed by atoms with van der Waals surface area (Å²) in [6.07, 6.45) is 7.55. The summed E-state index contributed by atoms with van der Waals surface area (Å²) in [6.45, 7) is 6.68. The molecule has 0 saturated carbocycles. The topological polar surface area (TPSA) is 29.9 Å². The molecule has 86 valence electrons. The minimum atomic E-state index is 0.448. The molecule has 0 fully saturated rings. The monoisotopic (exact) mass is 209 g/mol. The van der Waals surface area contributed by atoms with Gasteiger partial charge in [0.05, 0.1) is 6.20 Å². The van der Waals surface area contributed by atoms with E-state index >= 15 is 0 Å². The van der Waals surface area contributed by atoms with Crippen molar-refractivity contribution in [3.05, 3.63) is 18.0 Å². The highest BCUT2D eigenvalue weighted by Gasteiger charge is 2.14. The first-order chi connectivity index (χ1) is 7.21. The maximum atomic E-state index is 4.22. The fourth-order valence-corrected chi connectivity index (χ4v) is 1.88. The lowest BCUT2D eigenvalue weighted by molar-refractivity contribution is 0.407. The van der Waals surface area contributed by atoms with Gasteiger partial charge in [-0.05, 0) is 19.3 Å². The van der Waals surface area contributed by atoms with Crippen molar-refractivity contribution in [3.8, 4) is 0 Å². The summed E-state index contributed by atoms with van der Waals surface area (Å²) in [5, 5.41) is 7.90. The second kappa shape index (κ2) is 5.91. The van der Waals surface area contributed by atoms with Gasteiger partial charge in [0, 0.05) is 30.9 Å². The van der Waals surface area contributed by atoms with Gasteiger partial charge in [0.2, 0.25) is 0 Å². The van der Waals surface area contributed by atoms with Crippen molar-refractivity contribution in [3.63, 3.8) is 0 Å². The van der Waals surface area contributed by atoms with Crippen molar-refractivity contribution in [2.75, 3.05) is 0 Å². The summed E-state index contributed by atoms with van der Waals surface area (Å²) in [5.41, 5.74) is 1.30. The summed E-state index contributed by atoms with van der Waals surface area (Å²) in [5.74, 6) is 0. The average Bonchev–Trinajstić information content (AvgIpc) is 2.67. The van der Waals surface area contributed by atoms with E-state index in [0.29, 0.717) is 12.1 Å². The van der Waals surface area contributed by atoms with Crippen molar-refractivity contribution >= 4 is 0 Å². The predicted octanol–water partition coefficient (Wildman–Crippen LogP) is 2.65. The van der Waals surface area contributed by atoms with Crippen LogP contribution in [-0.2, 0) is 7.05 Å². The molecule has 3 heteroatoms. The van der Waals surface area contributed by atoms with Crippen molar-refractivity contribution in [1.29, 1.82) is 0 Å². The molecule has 0 radical (unpaired) electrons. The minimum Gasteiger partial charge on any atom is -0.307 e. The number of aryl methyl sites for hydroxylation is 1. The van der Waals surface area contributed by atoms with Crippen molar-refractivity contribution in [1.82, 2.24) is 15.1 Å². The highest BCUT2D eigenvalue weighted by molar-refractivity contribution is 5.10. The van der Waals surface area contributed by atoms with Gasteiger partial charge in [-0.1, -0.05) is 20.8 Å². The molecule has 1 N–H and O–H groups in total. The standard InChI is InChI=1S/C12H23N3/c1-5-11(6-2)14-12(7-3)10-8-13-15(4)9-10/h8-9,11-12,14H,5-7H2,1-4H3. The molecule has 3 nitrogen and oxygen atoms in total. The SMILES string of the molecule is CCC(CC)NC(CC)c1cnn(C)c1. The highest BCUT2D eigenvalue weighted by atomic mass is 15.2. The molecule has 0 amide bonds. The average molecular weight is 209 g/mol. The Kier molecular flexibility index (Phi) is 4.82. The maximum Gasteiger partial charge on any atom is 0.0537 e. The number of hydrogen-bond acceptors (Lipinski definition) is 2. The third kappa shape index (κ3) is 3.34. The molecule has 1 heterocycles. The lowest BCUT2D eigenvalue weighted by atomic mass is 10.1. The zero-order valence-electron chi connectivity index (χ0n) is 10.3. The fourth-order valence-electron chi connectivity index (χ4n) is 1.88. The third-order valence-electron chi connectivity index (χ3n) is 2.96. The van der Waals surface area contributed by atoms with E-state index in [4.69, 9.17) is 0 Å². The van der Waals surface area contributed by atoms with Gasteiger partial charge in [0.25, 0.3) is 0 Å². The smallest absolute Gasteiger partial charge is 0.0537 e. The van der Waals surface area contributed by atoms with Crippen LogP contribution in [0.25, 0.3) is 0 Å². The number of nitrogens with zero attached hydrogens (tertiary/aromatic N) is 2. The first-order valence-electron chi connectivity index (χ1n) is 5.95. The van der Waals surface area contributed by atoms with E-state index in [1.807, 2.05) is 17.9 Å². The Hall–Kier alpha value is -0.830. The van der Waals surface area contributed by atoms with E-state index in [1.54, 1.807) is 0 Å². The molecule has 1 aromatic heterocycles. The molecule has 1 atom stereocenters. The number of aromatic nitrogens is 2. The van der Waals surface area contributed by atoms with Crippen LogP contribution in [0.3, 0.4) is 0 Å². The summed E-state index contributed by atoms with van der Waals surface area (Å²) >= 11 is 0. The second-order valence-corrected chi connectivity index (χ2v) is 4.09. The number of nitrogens with one attached hydrogen (secondary N) is 1. The summed E-state index contributed by atoms with van der Waals surface area (Å²) in [4.78, 5) is 0. The van der Waals surface area contributed by atoms with E-state index in [-0.39, 0.29) is 0 Å². The molecule has 1 unspecified atom stereocenters. The summed E-state index contributed by atoms with van der Waals surface area (Å²) in [6, 6.07) is 1.07. The molecule has 15 heavy (non-hydrogen) atoms. The van der Waals surface area contributed by atoms with Gasteiger partial charge in [-0.3, -0.25) is 4.68 Å². The van der Waals surface area contributed by atoms with Crippen LogP contribution in [0.4, 0.5) is 0 Å². The molecule has 0 aliphatic carbocycles. The van der Waals surface area contributed by atoms with Crippen molar-refractivity contribution in [2.45, 2.75) is 52.1 Å². The fraction of sp³-hybridized carbons (Fsp3) is 0.750. The van der Waals surface area contributed by atoms with E-state index < -0.39 is 0 Å². The van der Waals surface area contributed by atoms with Gasteiger partial charge in [-0.25, -0.2) is 0 Å². The van der Waals surface area contributed by atoms with Gasteiger partial charge < -0.3 is 5.32 Å². The Labute approximate surface area is 92.9 Å². The molecule has 1 aromatic rings. The van der Waals surface area contributed by atoms with Crippen molar-refractivity contribution < 1.29 is 0 Å². The normalized spacial score (nSPS) is 13.4. The molecule has 0 saturated heterocycles. The van der Waals surface area contributed by atoms with Crippen LogP contribution in [0.1, 0.15) is 51.6 Å². The first kappa shape index (κ1) is 12.2. The van der Waals surface area contributed by atoms with Gasteiger partial charge in [0.1, 0.15) is 0 Å². The highest BCUT2D eigenvalue weighted by Crippen LogP contribution is 2.17. The molecule has 0 spiro atoms. The van der Waals surface area contributed by atoms with Crippen LogP contribution in [0.2, 0.25) is 0 Å². The Morgan fingerprint density at radius 2 is 1.93 bits per heavy atom. The zero-order valence-corrected chi connectivity index (χ0v) is 10.3. The predicted molar refractivity (Wildman–Crippen MR) is 63.7 cm³/mol. The quantitative estimate of drug-likeness (QED) is 0.780. The van der Waals surface area contributed by atoms with Gasteiger partial charge in [-0.15, -0.1) is 0 Å². The molecule has 1 rings (SSSR count). The van der Waals surface area contributed by atoms with Crippen LogP contribution in [0.15, 0.2) is 12.4 Å². The van der Waals surface area contributed by atoms with Crippen LogP contribution in [0.5, 0.6) is 0 Å². The van der Waals surface area contributed by atoms with Crippen LogP contribution >= 0.6 is 0 Å². The molecule has 0 aliphatic heterocycles. The van der Waals surface area contributed by atoms with Crippen LogP contribution in [0, 0.1) is 0 Å². The van der Waals surface area contributed by atoms with E-state index in [2.05, 4.69) is 37.4 Å². The Bertz CT molecular complexity index is 276. The molecular weight excluding hydrogens is 186 g/mol. The molecule has 0 aliphatic rings. The molecular formula is C12H23N3. The van der Waals surface area contributed by atoms with Crippen molar-refractivity contribution in [2.24, 2.45) is 7.05 Å². The largest absolute Gasteiger partial charge is 0.307 e. The number of rotatable bonds is 6. The summed E-state index contributed by atoms with van der Waals surface area (Å²) in [7, 11) is 1.97. The van der Waals surface area contributed by atoms with E-state index in [1.165, 1.54) is 18.4 Å². The Balaban J connectivity index is 2.63. The van der Waals surface area contributed by atoms with Crippen LogP contribution in [-0.4, -0.2) is 15.8 Å². The lowest BCUT2D eigenvalue weighted by Crippen LogP contribution is -2.31. The second-order valence-electron chi connectivity index (χ2n) is 4.09. The van der Waals surface area contributed by atoms with Gasteiger partial charge >= 0.3 is 0 Å². The maximum absolute atomic E-state index is 4.22. The minimum absolute atomic E-state index is 0.448. The Morgan fingerprint density at radius 1 is 1.27 bits per heavy atom. The zero-order chi connectivity index (χ0) is 11.3. The van der Waals surface area contributed by atoms with E-state index in [0.717, 1.165) is 6.42 Å². The summed E-state index contributed by atoms with van der Waals surface area (Å²) < 4.78 is 1.87. The van der Waals surface area contributed by atoms with Crippen LogP contribution < -0.4 is 5.32 Å². The van der Waals surface area contributed by atoms with Gasteiger partial charge in [0.15, 0.2) is 0 Å². The third-order valence-corrected chi connectivity index (χ3v) is 2.96. The van der Waals surface area contributed by atoms with E-state index in [9.17, 15) is 0 Å².